The number of rotatable bonds is 4. The van der Waals surface area contributed by atoms with Gasteiger partial charge >= 0.3 is 0 Å². The lowest BCUT2D eigenvalue weighted by Crippen LogP contribution is -2.02. The van der Waals surface area contributed by atoms with Crippen LogP contribution in [0.2, 0.25) is 0 Å². The number of aromatic nitrogens is 4. The average molecular weight is 613 g/mol. The van der Waals surface area contributed by atoms with Gasteiger partial charge in [0, 0.05) is 49.8 Å². The largest absolute Gasteiger partial charge is 0.309 e. The summed E-state index contributed by atoms with van der Waals surface area (Å²) < 4.78 is 4.75. The second-order valence-electron chi connectivity index (χ2n) is 12.3. The van der Waals surface area contributed by atoms with Crippen molar-refractivity contribution in [3.05, 3.63) is 170 Å². The Kier molecular flexibility index (Phi) is 5.84. The van der Waals surface area contributed by atoms with Gasteiger partial charge in [-0.15, -0.1) is 0 Å². The fraction of sp³-hybridized carbons (Fsp3) is 0. The van der Waals surface area contributed by atoms with Crippen molar-refractivity contribution >= 4 is 54.4 Å². The van der Waals surface area contributed by atoms with Crippen molar-refractivity contribution in [1.29, 1.82) is 0 Å². The summed E-state index contributed by atoms with van der Waals surface area (Å²) in [5, 5.41) is 7.27. The highest BCUT2D eigenvalue weighted by atomic mass is 15.1. The topological polar surface area (TPSA) is 35.6 Å². The lowest BCUT2D eigenvalue weighted by Gasteiger charge is -2.12. The summed E-state index contributed by atoms with van der Waals surface area (Å²) >= 11 is 0. The van der Waals surface area contributed by atoms with Gasteiger partial charge in [-0.3, -0.25) is 4.57 Å². The Bertz CT molecular complexity index is 2760. The van der Waals surface area contributed by atoms with E-state index in [9.17, 15) is 0 Å². The first-order valence-electron chi connectivity index (χ1n) is 16.3. The van der Waals surface area contributed by atoms with Gasteiger partial charge in [0.2, 0.25) is 0 Å². The number of fused-ring (bicyclic) bond motifs is 8. The van der Waals surface area contributed by atoms with Crippen molar-refractivity contribution in [2.75, 3.05) is 0 Å². The van der Waals surface area contributed by atoms with Gasteiger partial charge in [0.15, 0.2) is 5.82 Å². The predicted molar refractivity (Wildman–Crippen MR) is 199 cm³/mol. The Morgan fingerprint density at radius 3 is 1.75 bits per heavy atom. The zero-order valence-corrected chi connectivity index (χ0v) is 26.0. The van der Waals surface area contributed by atoms with Crippen LogP contribution in [0.1, 0.15) is 0 Å². The van der Waals surface area contributed by atoms with Crippen LogP contribution in [0.25, 0.3) is 88.5 Å². The molecule has 7 aromatic carbocycles. The minimum atomic E-state index is 0.700. The molecule has 0 radical (unpaired) electrons. The van der Waals surface area contributed by atoms with Crippen molar-refractivity contribution in [2.24, 2.45) is 0 Å². The highest BCUT2D eigenvalue weighted by molar-refractivity contribution is 6.23. The first kappa shape index (κ1) is 26.7. The van der Waals surface area contributed by atoms with Gasteiger partial charge in [-0.05, 0) is 35.7 Å². The van der Waals surface area contributed by atoms with E-state index in [0.717, 1.165) is 39.4 Å². The van der Waals surface area contributed by atoms with E-state index in [0.29, 0.717) is 5.82 Å². The molecule has 0 bridgehead atoms. The summed E-state index contributed by atoms with van der Waals surface area (Å²) in [5.41, 5.74) is 8.69. The van der Waals surface area contributed by atoms with E-state index in [-0.39, 0.29) is 0 Å². The molecule has 3 heterocycles. The van der Waals surface area contributed by atoms with E-state index < -0.39 is 0 Å². The zero-order valence-electron chi connectivity index (χ0n) is 26.0. The molecule has 10 rings (SSSR count). The van der Waals surface area contributed by atoms with Crippen LogP contribution in [0.3, 0.4) is 0 Å². The Morgan fingerprint density at radius 1 is 0.375 bits per heavy atom. The van der Waals surface area contributed by atoms with Gasteiger partial charge in [0.25, 0.3) is 0 Å². The van der Waals surface area contributed by atoms with E-state index >= 15 is 0 Å². The lowest BCUT2D eigenvalue weighted by atomic mass is 10.0. The maximum Gasteiger partial charge on any atom is 0.162 e. The minimum absolute atomic E-state index is 0.700. The summed E-state index contributed by atoms with van der Waals surface area (Å²) in [7, 11) is 0. The molecule has 0 aliphatic carbocycles. The standard InChI is InChI=1S/C44H28N4/c1-4-15-30(16-5-1)38-28-42(46-44(45-38)31-17-6-2-7-18-31)48-39-23-13-12-22-34(39)36-26-40-37(27-41(36)48)35-25-24-29-14-10-11-21-33(29)43(35)47(40)32-19-8-3-9-20-32/h1-28H. The molecule has 10 aromatic rings. The van der Waals surface area contributed by atoms with Crippen LogP contribution in [-0.4, -0.2) is 19.1 Å². The van der Waals surface area contributed by atoms with Crippen molar-refractivity contribution in [3.63, 3.8) is 0 Å². The summed E-state index contributed by atoms with van der Waals surface area (Å²) in [6.07, 6.45) is 0. The molecule has 4 heteroatoms. The molecule has 0 fully saturated rings. The van der Waals surface area contributed by atoms with Gasteiger partial charge in [-0.1, -0.05) is 133 Å². The number of para-hydroxylation sites is 2. The van der Waals surface area contributed by atoms with Crippen LogP contribution in [0.5, 0.6) is 0 Å². The molecular weight excluding hydrogens is 585 g/mol. The van der Waals surface area contributed by atoms with Crippen LogP contribution in [0.15, 0.2) is 170 Å². The van der Waals surface area contributed by atoms with E-state index in [2.05, 4.69) is 155 Å². The Balaban J connectivity index is 1.35. The van der Waals surface area contributed by atoms with Crippen LogP contribution in [0.4, 0.5) is 0 Å². The normalized spacial score (nSPS) is 11.8. The molecule has 0 atom stereocenters. The zero-order chi connectivity index (χ0) is 31.6. The van der Waals surface area contributed by atoms with Gasteiger partial charge < -0.3 is 4.57 Å². The van der Waals surface area contributed by atoms with Gasteiger partial charge in [0.1, 0.15) is 5.82 Å². The van der Waals surface area contributed by atoms with Crippen LogP contribution >= 0.6 is 0 Å². The van der Waals surface area contributed by atoms with Crippen LogP contribution in [-0.2, 0) is 0 Å². The molecule has 0 saturated carbocycles. The summed E-state index contributed by atoms with van der Waals surface area (Å²) in [6.45, 7) is 0. The monoisotopic (exact) mass is 612 g/mol. The first-order valence-corrected chi connectivity index (χ1v) is 16.3. The molecule has 0 aliphatic rings. The summed E-state index contributed by atoms with van der Waals surface area (Å²) in [6, 6.07) is 60.1. The second kappa shape index (κ2) is 10.5. The highest BCUT2D eigenvalue weighted by Crippen LogP contribution is 2.41. The lowest BCUT2D eigenvalue weighted by molar-refractivity contribution is 1.05. The third kappa shape index (κ3) is 4.03. The molecule has 3 aromatic heterocycles. The van der Waals surface area contributed by atoms with Gasteiger partial charge in [-0.25, -0.2) is 9.97 Å². The molecule has 0 amide bonds. The van der Waals surface area contributed by atoms with Gasteiger partial charge in [0.05, 0.1) is 27.8 Å². The number of nitrogens with zero attached hydrogens (tertiary/aromatic N) is 4. The molecule has 224 valence electrons. The van der Waals surface area contributed by atoms with Crippen molar-refractivity contribution in [3.8, 4) is 34.2 Å². The third-order valence-corrected chi connectivity index (χ3v) is 9.50. The van der Waals surface area contributed by atoms with E-state index in [1.54, 1.807) is 0 Å². The molecule has 0 aliphatic heterocycles. The van der Waals surface area contributed by atoms with E-state index in [1.807, 2.05) is 24.3 Å². The summed E-state index contributed by atoms with van der Waals surface area (Å²) in [5.74, 6) is 1.54. The van der Waals surface area contributed by atoms with Crippen LogP contribution in [0, 0.1) is 0 Å². The fourth-order valence-corrected chi connectivity index (χ4v) is 7.35. The maximum atomic E-state index is 5.25. The highest BCUT2D eigenvalue weighted by Gasteiger charge is 2.21. The molecule has 48 heavy (non-hydrogen) atoms. The second-order valence-corrected chi connectivity index (χ2v) is 12.3. The molecule has 4 nitrogen and oxygen atoms in total. The SMILES string of the molecule is c1ccc(-c2cc(-n3c4ccccc4c4cc5c(cc43)c3ccc4ccccc4c3n5-c3ccccc3)nc(-c3ccccc3)n2)cc1. The van der Waals surface area contributed by atoms with E-state index in [1.165, 1.54) is 43.4 Å². The number of benzene rings is 7. The smallest absolute Gasteiger partial charge is 0.162 e. The Hall–Kier alpha value is -6.52. The molecule has 0 unspecified atom stereocenters. The number of hydrogen-bond donors (Lipinski definition) is 0. The van der Waals surface area contributed by atoms with Crippen LogP contribution < -0.4 is 0 Å². The molecule has 0 saturated heterocycles. The third-order valence-electron chi connectivity index (χ3n) is 9.50. The summed E-state index contributed by atoms with van der Waals surface area (Å²) in [4.78, 5) is 10.3. The van der Waals surface area contributed by atoms with Gasteiger partial charge in [-0.2, -0.15) is 0 Å². The predicted octanol–water partition coefficient (Wildman–Crippen LogP) is 11.2. The van der Waals surface area contributed by atoms with Crippen molar-refractivity contribution < 1.29 is 0 Å². The van der Waals surface area contributed by atoms with Crippen molar-refractivity contribution in [2.45, 2.75) is 0 Å². The fourth-order valence-electron chi connectivity index (χ4n) is 7.35. The molecule has 0 N–H and O–H groups in total. The maximum absolute atomic E-state index is 5.25. The first-order chi connectivity index (χ1) is 23.8. The Morgan fingerprint density at radius 2 is 0.979 bits per heavy atom. The average Bonchev–Trinajstić information content (AvgIpc) is 3.67. The quantitative estimate of drug-likeness (QED) is 0.198. The Labute approximate surface area is 276 Å². The molecule has 0 spiro atoms. The minimum Gasteiger partial charge on any atom is -0.309 e. The molecular formula is C44H28N4. The number of hydrogen-bond acceptors (Lipinski definition) is 2. The van der Waals surface area contributed by atoms with E-state index in [4.69, 9.17) is 9.97 Å². The van der Waals surface area contributed by atoms with Crippen molar-refractivity contribution in [1.82, 2.24) is 19.1 Å².